The normalized spacial score (nSPS) is 27.1. The Labute approximate surface area is 377 Å². The van der Waals surface area contributed by atoms with Gasteiger partial charge in [-0.05, 0) is 37.8 Å². The van der Waals surface area contributed by atoms with Gasteiger partial charge in [-0.15, -0.1) is 0 Å². The van der Waals surface area contributed by atoms with E-state index in [2.05, 4.69) is 42.2 Å². The highest BCUT2D eigenvalue weighted by molar-refractivity contribution is 7.91. The second-order valence-corrected chi connectivity index (χ2v) is 17.8. The first-order chi connectivity index (χ1) is 30.9. The fourth-order valence-corrected chi connectivity index (χ4v) is 9.34. The number of nitrogens with one attached hydrogen (secondary N) is 8. The SMILES string of the molecule is CCOc1ccc2c3c([nH]c2c1)[S+]([O-])C[C@@H]1NC(=O)CNC(=O)[C@H]([C@@H](C)CC)NC(=O)CNC(=O)[C@H](C3)NC(=O)[C@H]([C@@H](C)[C@@H](O)CO)NC(=O)[C@@H]2CCCN2C(=O)[C@H](CC(N)=O)NC1=O. The summed E-state index contributed by atoms with van der Waals surface area (Å²) in [6, 6.07) is -4.44. The summed E-state index contributed by atoms with van der Waals surface area (Å²) < 4.78 is 20.4. The van der Waals surface area contributed by atoms with Crippen molar-refractivity contribution in [2.24, 2.45) is 17.6 Å². The van der Waals surface area contributed by atoms with Gasteiger partial charge in [0.2, 0.25) is 58.2 Å². The van der Waals surface area contributed by atoms with Crippen molar-refractivity contribution in [1.82, 2.24) is 47.1 Å². The molecule has 23 nitrogen and oxygen atoms in total. The third-order valence-electron chi connectivity index (χ3n) is 11.8. The van der Waals surface area contributed by atoms with E-state index in [-0.39, 0.29) is 36.6 Å². The molecule has 1 saturated heterocycles. The second kappa shape index (κ2) is 22.3. The zero-order valence-electron chi connectivity index (χ0n) is 36.5. The fourth-order valence-electron chi connectivity index (χ4n) is 7.95. The first kappa shape index (κ1) is 50.0. The monoisotopic (exact) mass is 930 g/mol. The van der Waals surface area contributed by atoms with Crippen LogP contribution in [0.2, 0.25) is 0 Å². The van der Waals surface area contributed by atoms with Crippen molar-refractivity contribution in [2.75, 3.05) is 38.6 Å². The van der Waals surface area contributed by atoms with Crippen LogP contribution in [0.4, 0.5) is 0 Å². The molecule has 356 valence electrons. The standard InChI is InChI=1S/C41H58N10O13S/c1-5-19(3)33-38(60)44-15-31(55)45-27-18-65(63)40-23(22-10-9-21(64-6-2)12-24(22)48-40)13-25(35(57)43-16-32(56)49-33)46-39(61)34(20(4)29(53)17-52)50-37(59)28-8-7-11-51(28)41(62)26(14-30(42)54)47-36(27)58/h9-10,12,19-20,25-29,33-34,48,52-53H,5-8,11,13-18H2,1-4H3,(H2,42,54)(H,43,57)(H,44,60)(H,45,55)(H,46,61)(H,47,58)(H,49,56)(H,50,59)/t19-,20-,25-,26-,27-,28-,29-,33-,34-,65?/m0/s1. The first-order valence-electron chi connectivity index (χ1n) is 21.5. The fraction of sp³-hybridized carbons (Fsp3) is 0.585. The van der Waals surface area contributed by atoms with Crippen molar-refractivity contribution in [2.45, 2.75) is 107 Å². The molecule has 24 heteroatoms. The Morgan fingerprint density at radius 3 is 2.25 bits per heavy atom. The number of nitrogens with two attached hydrogens (primary N) is 1. The summed E-state index contributed by atoms with van der Waals surface area (Å²) in [5, 5.41) is 38.5. The van der Waals surface area contributed by atoms with Gasteiger partial charge >= 0.3 is 0 Å². The Hall–Kier alpha value is -5.98. The van der Waals surface area contributed by atoms with Gasteiger partial charge in [-0.2, -0.15) is 0 Å². The van der Waals surface area contributed by atoms with Crippen LogP contribution in [0.15, 0.2) is 23.2 Å². The maximum Gasteiger partial charge on any atom is 0.248 e. The lowest BCUT2D eigenvalue weighted by molar-refractivity contribution is -0.144. The minimum Gasteiger partial charge on any atom is -0.610 e. The lowest BCUT2D eigenvalue weighted by atomic mass is 9.94. The predicted molar refractivity (Wildman–Crippen MR) is 230 cm³/mol. The van der Waals surface area contributed by atoms with Gasteiger partial charge in [-0.1, -0.05) is 27.2 Å². The molecular formula is C41H58N10O13S. The molecule has 9 amide bonds. The Morgan fingerprint density at radius 1 is 0.892 bits per heavy atom. The summed E-state index contributed by atoms with van der Waals surface area (Å²) in [5.41, 5.74) is 6.05. The van der Waals surface area contributed by atoms with Gasteiger partial charge in [-0.25, -0.2) is 0 Å². The number of carbonyl (C=O) groups is 9. The maximum absolute atomic E-state index is 14.7. The van der Waals surface area contributed by atoms with Crippen LogP contribution in [0.25, 0.3) is 10.9 Å². The van der Waals surface area contributed by atoms with E-state index in [0.29, 0.717) is 23.1 Å². The van der Waals surface area contributed by atoms with Crippen molar-refractivity contribution in [3.8, 4) is 5.75 Å². The van der Waals surface area contributed by atoms with Crippen LogP contribution in [-0.4, -0.2) is 159 Å². The molecule has 2 bridgehead atoms. The molecule has 3 aliphatic heterocycles. The van der Waals surface area contributed by atoms with E-state index in [1.165, 1.54) is 6.92 Å². The first-order valence-corrected chi connectivity index (χ1v) is 22.8. The number of rotatable bonds is 9. The Morgan fingerprint density at radius 2 is 1.58 bits per heavy atom. The molecule has 2 aromatic rings. The van der Waals surface area contributed by atoms with Gasteiger partial charge in [-0.3, -0.25) is 43.2 Å². The molecule has 1 unspecified atom stereocenters. The number of aliphatic hydroxyl groups excluding tert-OH is 2. The van der Waals surface area contributed by atoms with Crippen molar-refractivity contribution in [3.63, 3.8) is 0 Å². The van der Waals surface area contributed by atoms with Crippen molar-refractivity contribution >= 4 is 75.2 Å². The van der Waals surface area contributed by atoms with Crippen LogP contribution in [0.3, 0.4) is 0 Å². The molecule has 12 N–H and O–H groups in total. The number of H-pyrrole nitrogens is 1. The van der Waals surface area contributed by atoms with E-state index < -0.39 is 157 Å². The van der Waals surface area contributed by atoms with Crippen LogP contribution < -0.4 is 47.7 Å². The van der Waals surface area contributed by atoms with E-state index in [1.807, 2.05) is 0 Å². The Balaban J connectivity index is 1.74. The van der Waals surface area contributed by atoms with Gasteiger partial charge in [0, 0.05) is 47.1 Å². The van der Waals surface area contributed by atoms with Crippen LogP contribution in [-0.2, 0) is 60.7 Å². The van der Waals surface area contributed by atoms with Gasteiger partial charge in [0.05, 0.1) is 44.3 Å². The third kappa shape index (κ3) is 12.2. The largest absolute Gasteiger partial charge is 0.610 e. The molecule has 5 rings (SSSR count). The number of hydrogen-bond donors (Lipinski definition) is 11. The van der Waals surface area contributed by atoms with E-state index in [0.717, 1.165) is 4.90 Å². The van der Waals surface area contributed by atoms with Gasteiger partial charge in [0.15, 0.2) is 6.04 Å². The number of hydrogen-bond acceptors (Lipinski definition) is 13. The summed E-state index contributed by atoms with van der Waals surface area (Å²) in [4.78, 5) is 128. The van der Waals surface area contributed by atoms with Crippen molar-refractivity contribution < 1.29 is 62.7 Å². The average Bonchev–Trinajstić information content (AvgIpc) is 3.91. The number of aromatic amines is 1. The average molecular weight is 931 g/mol. The summed E-state index contributed by atoms with van der Waals surface area (Å²) in [6.45, 7) is 4.52. The number of aromatic nitrogens is 1. The Bertz CT molecular complexity index is 2150. The maximum atomic E-state index is 14.7. The summed E-state index contributed by atoms with van der Waals surface area (Å²) >= 11 is -2.31. The molecule has 4 heterocycles. The highest BCUT2D eigenvalue weighted by atomic mass is 32.2. The van der Waals surface area contributed by atoms with E-state index in [4.69, 9.17) is 10.5 Å². The predicted octanol–water partition coefficient (Wildman–Crippen LogP) is -4.20. The molecule has 0 spiro atoms. The number of nitrogens with zero attached hydrogens (tertiary/aromatic N) is 1. The highest BCUT2D eigenvalue weighted by Gasteiger charge is 2.43. The molecule has 0 aliphatic carbocycles. The minimum absolute atomic E-state index is 0.0424. The molecule has 65 heavy (non-hydrogen) atoms. The molecule has 1 fully saturated rings. The van der Waals surface area contributed by atoms with E-state index in [9.17, 15) is 57.9 Å². The summed E-state index contributed by atoms with van der Waals surface area (Å²) in [7, 11) is 0. The number of ether oxygens (including phenoxy) is 1. The minimum atomic E-state index is -2.31. The van der Waals surface area contributed by atoms with Crippen molar-refractivity contribution in [3.05, 3.63) is 23.8 Å². The number of fused-ring (bicyclic) bond motifs is 5. The van der Waals surface area contributed by atoms with Crippen LogP contribution >= 0.6 is 0 Å². The molecule has 0 radical (unpaired) electrons. The second-order valence-electron chi connectivity index (χ2n) is 16.4. The summed E-state index contributed by atoms with van der Waals surface area (Å²) in [5.74, 6) is -10.4. The van der Waals surface area contributed by atoms with Crippen LogP contribution in [0.1, 0.15) is 58.9 Å². The van der Waals surface area contributed by atoms with E-state index >= 15 is 0 Å². The zero-order valence-corrected chi connectivity index (χ0v) is 37.3. The van der Waals surface area contributed by atoms with Gasteiger partial charge in [0.25, 0.3) is 0 Å². The van der Waals surface area contributed by atoms with Gasteiger partial charge in [0.1, 0.15) is 41.7 Å². The lowest BCUT2D eigenvalue weighted by Crippen LogP contribution is -2.62. The smallest absolute Gasteiger partial charge is 0.248 e. The van der Waals surface area contributed by atoms with E-state index in [1.54, 1.807) is 39.0 Å². The molecule has 3 aliphatic rings. The molecule has 10 atom stereocenters. The number of amides is 9. The quantitative estimate of drug-likeness (QED) is 0.107. The van der Waals surface area contributed by atoms with Crippen LogP contribution in [0, 0.1) is 11.8 Å². The van der Waals surface area contributed by atoms with Gasteiger partial charge < -0.3 is 72.3 Å². The summed E-state index contributed by atoms with van der Waals surface area (Å²) in [6.07, 6.45) is -2.08. The molecule has 0 saturated carbocycles. The van der Waals surface area contributed by atoms with Crippen LogP contribution in [0.5, 0.6) is 5.75 Å². The number of aliphatic hydroxyl groups is 2. The number of carbonyl (C=O) groups excluding carboxylic acids is 9. The highest BCUT2D eigenvalue weighted by Crippen LogP contribution is 2.31. The Kier molecular flexibility index (Phi) is 17.1. The topological polar surface area (TPSA) is 356 Å². The molecule has 1 aromatic heterocycles. The lowest BCUT2D eigenvalue weighted by Gasteiger charge is -2.33. The third-order valence-corrected chi connectivity index (χ3v) is 13.2. The number of primary amides is 1. The molecular weight excluding hydrogens is 873 g/mol. The molecule has 1 aromatic carbocycles. The van der Waals surface area contributed by atoms with Crippen molar-refractivity contribution in [1.29, 1.82) is 0 Å². The zero-order chi connectivity index (χ0) is 47.7. The number of benzene rings is 1.